The first-order valence-electron chi connectivity index (χ1n) is 4.84. The third kappa shape index (κ3) is 1.69. The van der Waals surface area contributed by atoms with Crippen LogP contribution in [0.2, 0.25) is 0 Å². The largest absolute Gasteiger partial charge is 0.476 e. The van der Waals surface area contributed by atoms with Crippen LogP contribution >= 0.6 is 0 Å². The SMILES string of the molecule is Cc1ccc(C)c(-c2ocnc2C(=O)O)c1. The van der Waals surface area contributed by atoms with Gasteiger partial charge in [-0.3, -0.25) is 0 Å². The Bertz CT molecular complexity index is 543. The van der Waals surface area contributed by atoms with Crippen molar-refractivity contribution in [1.29, 1.82) is 0 Å². The van der Waals surface area contributed by atoms with Crippen LogP contribution in [-0.2, 0) is 0 Å². The molecule has 4 nitrogen and oxygen atoms in total. The second kappa shape index (κ2) is 3.81. The summed E-state index contributed by atoms with van der Waals surface area (Å²) < 4.78 is 5.16. The monoisotopic (exact) mass is 217 g/mol. The van der Waals surface area contributed by atoms with E-state index in [9.17, 15) is 4.79 Å². The molecule has 2 aromatic rings. The Balaban J connectivity index is 2.62. The van der Waals surface area contributed by atoms with E-state index in [1.807, 2.05) is 32.0 Å². The van der Waals surface area contributed by atoms with E-state index in [4.69, 9.17) is 9.52 Å². The van der Waals surface area contributed by atoms with Gasteiger partial charge in [0.15, 0.2) is 17.8 Å². The van der Waals surface area contributed by atoms with Crippen molar-refractivity contribution in [1.82, 2.24) is 4.98 Å². The lowest BCUT2D eigenvalue weighted by molar-refractivity contribution is 0.0691. The normalized spacial score (nSPS) is 10.4. The lowest BCUT2D eigenvalue weighted by atomic mass is 10.0. The zero-order valence-corrected chi connectivity index (χ0v) is 9.02. The maximum Gasteiger partial charge on any atom is 0.358 e. The van der Waals surface area contributed by atoms with Crippen LogP contribution < -0.4 is 0 Å². The highest BCUT2D eigenvalue weighted by Gasteiger charge is 2.18. The molecular weight excluding hydrogens is 206 g/mol. The lowest BCUT2D eigenvalue weighted by Gasteiger charge is -2.04. The van der Waals surface area contributed by atoms with Gasteiger partial charge in [-0.15, -0.1) is 0 Å². The third-order valence-electron chi connectivity index (χ3n) is 2.41. The molecule has 0 aliphatic rings. The second-order valence-electron chi connectivity index (χ2n) is 3.65. The molecule has 0 unspecified atom stereocenters. The summed E-state index contributed by atoms with van der Waals surface area (Å²) in [7, 11) is 0. The van der Waals surface area contributed by atoms with Crippen molar-refractivity contribution in [2.75, 3.05) is 0 Å². The average molecular weight is 217 g/mol. The van der Waals surface area contributed by atoms with E-state index in [1.165, 1.54) is 0 Å². The van der Waals surface area contributed by atoms with E-state index >= 15 is 0 Å². The Morgan fingerprint density at radius 2 is 2.12 bits per heavy atom. The van der Waals surface area contributed by atoms with Gasteiger partial charge in [-0.05, 0) is 25.5 Å². The zero-order valence-electron chi connectivity index (χ0n) is 9.02. The Hall–Kier alpha value is -2.10. The quantitative estimate of drug-likeness (QED) is 0.839. The van der Waals surface area contributed by atoms with Crippen molar-refractivity contribution < 1.29 is 14.3 Å². The molecule has 0 saturated carbocycles. The van der Waals surface area contributed by atoms with Crippen LogP contribution in [0.15, 0.2) is 29.0 Å². The summed E-state index contributed by atoms with van der Waals surface area (Å²) in [4.78, 5) is 14.6. The summed E-state index contributed by atoms with van der Waals surface area (Å²) in [5, 5.41) is 8.95. The number of carboxylic acids is 1. The first kappa shape index (κ1) is 10.4. The van der Waals surface area contributed by atoms with Gasteiger partial charge in [0.25, 0.3) is 0 Å². The maximum absolute atomic E-state index is 10.9. The number of aromatic nitrogens is 1. The van der Waals surface area contributed by atoms with E-state index < -0.39 is 5.97 Å². The van der Waals surface area contributed by atoms with Crippen molar-refractivity contribution in [3.05, 3.63) is 41.4 Å². The molecule has 0 saturated heterocycles. The van der Waals surface area contributed by atoms with Gasteiger partial charge in [0, 0.05) is 5.56 Å². The second-order valence-corrected chi connectivity index (χ2v) is 3.65. The number of nitrogens with zero attached hydrogens (tertiary/aromatic N) is 1. The fourth-order valence-corrected chi connectivity index (χ4v) is 1.57. The highest BCUT2D eigenvalue weighted by molar-refractivity contribution is 5.92. The topological polar surface area (TPSA) is 63.3 Å². The molecule has 1 aromatic carbocycles. The van der Waals surface area contributed by atoms with Gasteiger partial charge in [-0.25, -0.2) is 9.78 Å². The van der Waals surface area contributed by atoms with Crippen molar-refractivity contribution >= 4 is 5.97 Å². The van der Waals surface area contributed by atoms with E-state index in [0.717, 1.165) is 23.1 Å². The summed E-state index contributed by atoms with van der Waals surface area (Å²) in [6.45, 7) is 3.85. The van der Waals surface area contributed by atoms with Crippen LogP contribution in [0.25, 0.3) is 11.3 Å². The van der Waals surface area contributed by atoms with E-state index in [2.05, 4.69) is 4.98 Å². The smallest absolute Gasteiger partial charge is 0.358 e. The zero-order chi connectivity index (χ0) is 11.7. The summed E-state index contributed by atoms with van der Waals surface area (Å²) in [6, 6.07) is 5.79. The number of aromatic carboxylic acids is 1. The molecule has 0 atom stereocenters. The van der Waals surface area contributed by atoms with Crippen LogP contribution in [0, 0.1) is 13.8 Å². The predicted molar refractivity (Wildman–Crippen MR) is 58.4 cm³/mol. The highest BCUT2D eigenvalue weighted by atomic mass is 16.4. The van der Waals surface area contributed by atoms with Crippen LogP contribution in [-0.4, -0.2) is 16.1 Å². The molecule has 1 aromatic heterocycles. The standard InChI is InChI=1S/C12H11NO3/c1-7-3-4-8(2)9(5-7)11-10(12(14)15)13-6-16-11/h3-6H,1-2H3,(H,14,15). The number of carboxylic acid groups (broad SMARTS) is 1. The average Bonchev–Trinajstić information content (AvgIpc) is 2.70. The Kier molecular flexibility index (Phi) is 2.48. The van der Waals surface area contributed by atoms with Gasteiger partial charge in [-0.2, -0.15) is 0 Å². The fraction of sp³-hybridized carbons (Fsp3) is 0.167. The highest BCUT2D eigenvalue weighted by Crippen LogP contribution is 2.27. The molecule has 1 heterocycles. The van der Waals surface area contributed by atoms with Crippen molar-refractivity contribution in [2.24, 2.45) is 0 Å². The number of hydrogen-bond donors (Lipinski definition) is 1. The molecule has 0 aliphatic carbocycles. The van der Waals surface area contributed by atoms with Crippen LogP contribution in [0.3, 0.4) is 0 Å². The number of oxazole rings is 1. The molecule has 16 heavy (non-hydrogen) atoms. The lowest BCUT2D eigenvalue weighted by Crippen LogP contribution is -1.99. The molecule has 0 bridgehead atoms. The van der Waals surface area contributed by atoms with Gasteiger partial charge in [0.05, 0.1) is 0 Å². The van der Waals surface area contributed by atoms with E-state index in [1.54, 1.807) is 0 Å². The molecule has 82 valence electrons. The van der Waals surface area contributed by atoms with E-state index in [-0.39, 0.29) is 5.69 Å². The fourth-order valence-electron chi connectivity index (χ4n) is 1.57. The van der Waals surface area contributed by atoms with Crippen LogP contribution in [0.4, 0.5) is 0 Å². The Labute approximate surface area is 92.6 Å². The summed E-state index contributed by atoms with van der Waals surface area (Å²) in [5.41, 5.74) is 2.74. The molecule has 1 N–H and O–H groups in total. The number of aryl methyl sites for hydroxylation is 2. The number of hydrogen-bond acceptors (Lipinski definition) is 3. The minimum Gasteiger partial charge on any atom is -0.476 e. The molecule has 2 rings (SSSR count). The van der Waals surface area contributed by atoms with E-state index in [0.29, 0.717) is 5.76 Å². The Morgan fingerprint density at radius 1 is 1.38 bits per heavy atom. The van der Waals surface area contributed by atoms with Crippen molar-refractivity contribution in [3.63, 3.8) is 0 Å². The maximum atomic E-state index is 10.9. The number of carbonyl (C=O) groups is 1. The van der Waals surface area contributed by atoms with Gasteiger partial charge >= 0.3 is 5.97 Å². The van der Waals surface area contributed by atoms with Gasteiger partial charge in [0.2, 0.25) is 0 Å². The number of benzene rings is 1. The first-order chi connectivity index (χ1) is 7.59. The molecular formula is C12H11NO3. The molecule has 0 spiro atoms. The van der Waals surface area contributed by atoms with Crippen molar-refractivity contribution in [3.8, 4) is 11.3 Å². The van der Waals surface area contributed by atoms with Gasteiger partial charge < -0.3 is 9.52 Å². The predicted octanol–water partition coefficient (Wildman–Crippen LogP) is 2.66. The molecule has 0 fully saturated rings. The molecule has 0 radical (unpaired) electrons. The minimum absolute atomic E-state index is 0.0475. The summed E-state index contributed by atoms with van der Waals surface area (Å²) in [6.07, 6.45) is 1.15. The summed E-state index contributed by atoms with van der Waals surface area (Å²) in [5.74, 6) is -0.765. The number of rotatable bonds is 2. The van der Waals surface area contributed by atoms with Gasteiger partial charge in [0.1, 0.15) is 0 Å². The summed E-state index contributed by atoms with van der Waals surface area (Å²) >= 11 is 0. The molecule has 4 heteroatoms. The third-order valence-corrected chi connectivity index (χ3v) is 2.41. The Morgan fingerprint density at radius 3 is 2.81 bits per heavy atom. The van der Waals surface area contributed by atoms with Crippen LogP contribution in [0.5, 0.6) is 0 Å². The van der Waals surface area contributed by atoms with Crippen molar-refractivity contribution in [2.45, 2.75) is 13.8 Å². The van der Waals surface area contributed by atoms with Gasteiger partial charge in [-0.1, -0.05) is 17.7 Å². The molecule has 0 amide bonds. The first-order valence-corrected chi connectivity index (χ1v) is 4.84. The molecule has 0 aliphatic heterocycles. The minimum atomic E-state index is -1.08. The van der Waals surface area contributed by atoms with Crippen LogP contribution in [0.1, 0.15) is 21.6 Å².